The fourth-order valence-electron chi connectivity index (χ4n) is 0.876. The van der Waals surface area contributed by atoms with Gasteiger partial charge >= 0.3 is 7.27 Å². The molecule has 0 bridgehead atoms. The van der Waals surface area contributed by atoms with Gasteiger partial charge in [-0.1, -0.05) is 30.3 Å². The lowest BCUT2D eigenvalue weighted by Crippen LogP contribution is -2.18. The Hall–Kier alpha value is -1.58. The van der Waals surface area contributed by atoms with Crippen LogP contribution in [0.3, 0.4) is 0 Å². The summed E-state index contributed by atoms with van der Waals surface area (Å²) in [7, 11) is -2.34. The van der Waals surface area contributed by atoms with E-state index < -0.39 is 7.27 Å². The Morgan fingerprint density at radius 3 is 1.71 bits per heavy atom. The maximum absolute atomic E-state index is 11.8. The molecule has 1 N–H and O–H groups in total. The van der Waals surface area contributed by atoms with E-state index in [9.17, 15) is 8.63 Å². The highest BCUT2D eigenvalue weighted by Crippen LogP contribution is 1.89. The molecule has 2 rings (SSSR count). The highest BCUT2D eigenvalue weighted by Gasteiger charge is 2.13. The van der Waals surface area contributed by atoms with E-state index >= 15 is 0 Å². The standard InChI is InChI=1S/C6H5BF2.C4H5N/c8-7(9)6-4-2-1-3-5-6;1-2-4-5-3-1/h1-5H;1-5H. The summed E-state index contributed by atoms with van der Waals surface area (Å²) < 4.78 is 23.5. The van der Waals surface area contributed by atoms with Crippen molar-refractivity contribution in [2.45, 2.75) is 0 Å². The van der Waals surface area contributed by atoms with Crippen LogP contribution in [0, 0.1) is 0 Å². The van der Waals surface area contributed by atoms with Crippen molar-refractivity contribution >= 4 is 12.7 Å². The Labute approximate surface area is 82.0 Å². The van der Waals surface area contributed by atoms with Crippen LogP contribution in [-0.4, -0.2) is 12.3 Å². The van der Waals surface area contributed by atoms with Gasteiger partial charge in [-0.3, -0.25) is 8.63 Å². The Morgan fingerprint density at radius 1 is 0.857 bits per heavy atom. The highest BCUT2D eigenvalue weighted by molar-refractivity contribution is 6.59. The van der Waals surface area contributed by atoms with Gasteiger partial charge < -0.3 is 4.98 Å². The van der Waals surface area contributed by atoms with Crippen LogP contribution in [0.4, 0.5) is 8.63 Å². The third-order valence-electron chi connectivity index (χ3n) is 1.55. The Kier molecular flexibility index (Phi) is 4.48. The fourth-order valence-corrected chi connectivity index (χ4v) is 0.876. The van der Waals surface area contributed by atoms with E-state index in [0.717, 1.165) is 0 Å². The molecule has 1 heterocycles. The average molecular weight is 193 g/mol. The summed E-state index contributed by atoms with van der Waals surface area (Å²) in [5.74, 6) is 0. The van der Waals surface area contributed by atoms with E-state index in [1.165, 1.54) is 12.1 Å². The molecule has 14 heavy (non-hydrogen) atoms. The number of aromatic nitrogens is 1. The van der Waals surface area contributed by atoms with Gasteiger partial charge in [0.1, 0.15) is 0 Å². The van der Waals surface area contributed by atoms with Gasteiger partial charge in [0, 0.05) is 12.4 Å². The van der Waals surface area contributed by atoms with E-state index in [1.807, 2.05) is 24.5 Å². The first-order valence-electron chi connectivity index (χ1n) is 4.21. The first-order chi connectivity index (χ1) is 6.80. The molecular formula is C10H10BF2N. The van der Waals surface area contributed by atoms with Crippen molar-refractivity contribution in [3.8, 4) is 0 Å². The summed E-state index contributed by atoms with van der Waals surface area (Å²) in [5.41, 5.74) is 0.0810. The molecule has 2 aromatic rings. The molecule has 0 fully saturated rings. The molecule has 72 valence electrons. The second-order valence-corrected chi connectivity index (χ2v) is 2.60. The summed E-state index contributed by atoms with van der Waals surface area (Å²) in [5, 5.41) is 0. The Morgan fingerprint density at radius 2 is 1.43 bits per heavy atom. The molecule has 0 atom stereocenters. The summed E-state index contributed by atoms with van der Waals surface area (Å²) in [4.78, 5) is 2.86. The van der Waals surface area contributed by atoms with Crippen LogP contribution in [0.15, 0.2) is 54.9 Å². The minimum Gasteiger partial charge on any atom is -0.368 e. The average Bonchev–Trinajstić information content (AvgIpc) is 2.77. The summed E-state index contributed by atoms with van der Waals surface area (Å²) >= 11 is 0. The smallest absolute Gasteiger partial charge is 0.368 e. The predicted molar refractivity (Wildman–Crippen MR) is 54.8 cm³/mol. The van der Waals surface area contributed by atoms with Gasteiger partial charge in [0.2, 0.25) is 0 Å². The molecule has 1 aromatic heterocycles. The van der Waals surface area contributed by atoms with Crippen LogP contribution >= 0.6 is 0 Å². The van der Waals surface area contributed by atoms with Gasteiger partial charge in [0.25, 0.3) is 0 Å². The number of halogens is 2. The highest BCUT2D eigenvalue weighted by atomic mass is 19.2. The molecule has 0 amide bonds. The van der Waals surface area contributed by atoms with Crippen molar-refractivity contribution in [1.29, 1.82) is 0 Å². The zero-order chi connectivity index (χ0) is 10.2. The normalized spacial score (nSPS) is 8.71. The maximum atomic E-state index is 11.8. The number of nitrogens with one attached hydrogen (secondary N) is 1. The van der Waals surface area contributed by atoms with E-state index in [0.29, 0.717) is 0 Å². The molecule has 4 heteroatoms. The van der Waals surface area contributed by atoms with Crippen LogP contribution < -0.4 is 5.46 Å². The van der Waals surface area contributed by atoms with Crippen molar-refractivity contribution in [3.63, 3.8) is 0 Å². The van der Waals surface area contributed by atoms with Crippen LogP contribution in [0.25, 0.3) is 0 Å². The van der Waals surface area contributed by atoms with Gasteiger partial charge in [-0.2, -0.15) is 0 Å². The largest absolute Gasteiger partial charge is 0.571 e. The molecule has 1 aromatic carbocycles. The lowest BCUT2D eigenvalue weighted by Gasteiger charge is -1.90. The molecule has 0 spiro atoms. The number of H-pyrrole nitrogens is 1. The van der Waals surface area contributed by atoms with Crippen LogP contribution in [0.1, 0.15) is 0 Å². The van der Waals surface area contributed by atoms with E-state index in [4.69, 9.17) is 0 Å². The number of hydrogen-bond acceptors (Lipinski definition) is 0. The maximum Gasteiger partial charge on any atom is 0.571 e. The van der Waals surface area contributed by atoms with Gasteiger partial charge in [-0.25, -0.2) is 0 Å². The van der Waals surface area contributed by atoms with Crippen LogP contribution in [0.5, 0.6) is 0 Å². The Balaban J connectivity index is 0.000000165. The lowest BCUT2D eigenvalue weighted by molar-refractivity contribution is 0.685. The first kappa shape index (κ1) is 10.5. The van der Waals surface area contributed by atoms with Crippen molar-refractivity contribution in [1.82, 2.24) is 4.98 Å². The number of hydrogen-bond donors (Lipinski definition) is 1. The molecule has 1 nitrogen and oxygen atoms in total. The summed E-state index contributed by atoms with van der Waals surface area (Å²) in [6, 6.07) is 11.6. The molecule has 0 aliphatic carbocycles. The zero-order valence-corrected chi connectivity index (χ0v) is 7.53. The predicted octanol–water partition coefficient (Wildman–Crippen LogP) is 2.34. The third kappa shape index (κ3) is 3.89. The van der Waals surface area contributed by atoms with E-state index in [-0.39, 0.29) is 5.46 Å². The van der Waals surface area contributed by atoms with Crippen molar-refractivity contribution in [2.24, 2.45) is 0 Å². The number of benzene rings is 1. The van der Waals surface area contributed by atoms with Gasteiger partial charge in [-0.15, -0.1) is 0 Å². The Bertz CT molecular complexity index is 304. The number of rotatable bonds is 1. The van der Waals surface area contributed by atoms with E-state index in [2.05, 4.69) is 4.98 Å². The van der Waals surface area contributed by atoms with E-state index in [1.54, 1.807) is 18.2 Å². The van der Waals surface area contributed by atoms with Gasteiger partial charge in [0.15, 0.2) is 0 Å². The van der Waals surface area contributed by atoms with Crippen molar-refractivity contribution in [2.75, 3.05) is 0 Å². The fraction of sp³-hybridized carbons (Fsp3) is 0. The van der Waals surface area contributed by atoms with Gasteiger partial charge in [0.05, 0.1) is 0 Å². The quantitative estimate of drug-likeness (QED) is 0.669. The van der Waals surface area contributed by atoms with Crippen molar-refractivity contribution < 1.29 is 8.63 Å². The first-order valence-corrected chi connectivity index (χ1v) is 4.21. The molecular weight excluding hydrogens is 183 g/mol. The molecule has 0 aliphatic heterocycles. The second-order valence-electron chi connectivity index (χ2n) is 2.60. The SMILES string of the molecule is FB(F)c1ccccc1.c1cc[nH]c1. The van der Waals surface area contributed by atoms with Gasteiger partial charge in [-0.05, 0) is 17.6 Å². The summed E-state index contributed by atoms with van der Waals surface area (Å²) in [6.45, 7) is 0. The molecule has 0 aliphatic rings. The molecule has 0 saturated heterocycles. The third-order valence-corrected chi connectivity index (χ3v) is 1.55. The minimum atomic E-state index is -2.34. The second kappa shape index (κ2) is 5.97. The van der Waals surface area contributed by atoms with Crippen molar-refractivity contribution in [3.05, 3.63) is 54.9 Å². The summed E-state index contributed by atoms with van der Waals surface area (Å²) in [6.07, 6.45) is 3.75. The van der Waals surface area contributed by atoms with Crippen LogP contribution in [-0.2, 0) is 0 Å². The zero-order valence-electron chi connectivity index (χ0n) is 7.53. The molecule has 0 saturated carbocycles. The number of aromatic amines is 1. The monoisotopic (exact) mass is 193 g/mol. The topological polar surface area (TPSA) is 15.8 Å². The van der Waals surface area contributed by atoms with Crippen LogP contribution in [0.2, 0.25) is 0 Å². The molecule has 0 radical (unpaired) electrons. The minimum absolute atomic E-state index is 0.0810. The lowest BCUT2D eigenvalue weighted by atomic mass is 9.86. The molecule has 0 unspecified atom stereocenters.